The van der Waals surface area contributed by atoms with Crippen molar-refractivity contribution in [3.63, 3.8) is 0 Å². The van der Waals surface area contributed by atoms with Crippen LogP contribution >= 0.6 is 0 Å². The van der Waals surface area contributed by atoms with Crippen molar-refractivity contribution >= 4 is 5.78 Å². The lowest BCUT2D eigenvalue weighted by Crippen LogP contribution is -2.55. The van der Waals surface area contributed by atoms with E-state index in [1.165, 1.54) is 7.11 Å². The van der Waals surface area contributed by atoms with E-state index < -0.39 is 42.9 Å². The van der Waals surface area contributed by atoms with E-state index in [1.807, 2.05) is 127 Å². The normalized spacial score (nSPS) is 26.1. The molecule has 8 atom stereocenters. The third-order valence-corrected chi connectivity index (χ3v) is 9.76. The number of rotatable bonds is 19. The van der Waals surface area contributed by atoms with Gasteiger partial charge in [0.15, 0.2) is 12.1 Å². The van der Waals surface area contributed by atoms with Crippen molar-refractivity contribution < 1.29 is 42.7 Å². The first kappa shape index (κ1) is 39.5. The molecule has 0 N–H and O–H groups in total. The number of ketones is 1. The standard InChI is InChI=1S/C45H52O9/c1-4-17-37-40(49-28-32-18-9-5-10-19-32)43(52-31-35-24-15-8-16-25-35)41(50-29-33-20-11-6-12-21-33)38(53-37)27-26-36(46)39-42(44(47-2)45(48-3)54-39)51-30-34-22-13-7-14-23-34/h5-16,18-25,27,37,39-45H,4,17,26,28-31H2,1-3H3/t37?,39?,40-,41+,42?,43+,44?,45?/m0/s1. The van der Waals surface area contributed by atoms with Gasteiger partial charge in [-0.25, -0.2) is 0 Å². The molecule has 2 fully saturated rings. The minimum Gasteiger partial charge on any atom is -0.489 e. The summed E-state index contributed by atoms with van der Waals surface area (Å²) in [7, 11) is 3.10. The van der Waals surface area contributed by atoms with Crippen LogP contribution < -0.4 is 0 Å². The first-order chi connectivity index (χ1) is 26.6. The van der Waals surface area contributed by atoms with E-state index in [0.29, 0.717) is 32.0 Å². The van der Waals surface area contributed by atoms with Gasteiger partial charge in [0.1, 0.15) is 48.5 Å². The molecule has 0 saturated carbocycles. The van der Waals surface area contributed by atoms with Gasteiger partial charge in [0, 0.05) is 20.6 Å². The predicted molar refractivity (Wildman–Crippen MR) is 204 cm³/mol. The fraction of sp³-hybridized carbons (Fsp3) is 0.400. The maximum Gasteiger partial charge on any atom is 0.187 e. The zero-order valence-corrected chi connectivity index (χ0v) is 31.4. The van der Waals surface area contributed by atoms with Crippen molar-refractivity contribution in [2.24, 2.45) is 0 Å². The number of allylic oxidation sites excluding steroid dienone is 1. The molecular formula is C45H52O9. The topological polar surface area (TPSA) is 90.9 Å². The van der Waals surface area contributed by atoms with E-state index in [0.717, 1.165) is 28.7 Å². The van der Waals surface area contributed by atoms with Crippen LogP contribution in [0.2, 0.25) is 0 Å². The number of benzene rings is 4. The molecule has 286 valence electrons. The Morgan fingerprint density at radius 1 is 0.593 bits per heavy atom. The summed E-state index contributed by atoms with van der Waals surface area (Å²) in [6, 6.07) is 39.9. The highest BCUT2D eigenvalue weighted by Gasteiger charge is 2.50. The van der Waals surface area contributed by atoms with Crippen molar-refractivity contribution in [2.75, 3.05) is 14.2 Å². The molecule has 4 aromatic rings. The molecule has 54 heavy (non-hydrogen) atoms. The van der Waals surface area contributed by atoms with E-state index in [-0.39, 0.29) is 24.9 Å². The molecule has 0 radical (unpaired) electrons. The molecule has 4 aromatic carbocycles. The molecular weight excluding hydrogens is 684 g/mol. The highest BCUT2D eigenvalue weighted by atomic mass is 16.7. The Morgan fingerprint density at radius 3 is 1.52 bits per heavy atom. The number of methoxy groups -OCH3 is 2. The first-order valence-electron chi connectivity index (χ1n) is 18.8. The maximum absolute atomic E-state index is 14.1. The van der Waals surface area contributed by atoms with E-state index in [9.17, 15) is 4.79 Å². The van der Waals surface area contributed by atoms with Crippen LogP contribution in [0.15, 0.2) is 133 Å². The molecule has 2 aliphatic heterocycles. The lowest BCUT2D eigenvalue weighted by atomic mass is 9.93. The van der Waals surface area contributed by atoms with Crippen molar-refractivity contribution in [1.82, 2.24) is 0 Å². The Bertz CT molecular complexity index is 1700. The first-order valence-corrected chi connectivity index (χ1v) is 18.8. The highest BCUT2D eigenvalue weighted by molar-refractivity contribution is 5.85. The van der Waals surface area contributed by atoms with Crippen LogP contribution in [0.3, 0.4) is 0 Å². The number of carbonyl (C=O) groups is 1. The molecule has 2 heterocycles. The Balaban J connectivity index is 1.29. The molecule has 0 aromatic heterocycles. The number of Topliss-reactive ketones (excluding diaryl/α,β-unsaturated/α-hetero) is 1. The second-order valence-corrected chi connectivity index (χ2v) is 13.6. The summed E-state index contributed by atoms with van der Waals surface area (Å²) in [6.45, 7) is 3.45. The average Bonchev–Trinajstić information content (AvgIpc) is 3.59. The van der Waals surface area contributed by atoms with Gasteiger partial charge in [-0.05, 0) is 34.8 Å². The van der Waals surface area contributed by atoms with Crippen LogP contribution in [0, 0.1) is 0 Å². The average molecular weight is 737 g/mol. The summed E-state index contributed by atoms with van der Waals surface area (Å²) in [5.41, 5.74) is 4.05. The zero-order valence-electron chi connectivity index (χ0n) is 31.4. The second-order valence-electron chi connectivity index (χ2n) is 13.6. The molecule has 6 rings (SSSR count). The summed E-state index contributed by atoms with van der Waals surface area (Å²) < 4.78 is 50.8. The Hall–Kier alpha value is -4.19. The number of hydrogen-bond donors (Lipinski definition) is 0. The zero-order chi connectivity index (χ0) is 37.5. The van der Waals surface area contributed by atoms with Crippen LogP contribution in [-0.2, 0) is 69.1 Å². The van der Waals surface area contributed by atoms with Gasteiger partial charge in [-0.3, -0.25) is 4.79 Å². The van der Waals surface area contributed by atoms with E-state index in [1.54, 1.807) is 7.11 Å². The summed E-state index contributed by atoms with van der Waals surface area (Å²) >= 11 is 0. The van der Waals surface area contributed by atoms with Crippen molar-refractivity contribution in [1.29, 1.82) is 0 Å². The fourth-order valence-corrected chi connectivity index (χ4v) is 6.97. The molecule has 9 heteroatoms. The molecule has 2 aliphatic rings. The number of carbonyl (C=O) groups excluding carboxylic acids is 1. The van der Waals surface area contributed by atoms with Gasteiger partial charge in [0.05, 0.1) is 26.4 Å². The Kier molecular flexibility index (Phi) is 15.0. The van der Waals surface area contributed by atoms with Gasteiger partial charge in [-0.15, -0.1) is 0 Å². The van der Waals surface area contributed by atoms with Crippen molar-refractivity contribution in [3.8, 4) is 0 Å². The molecule has 0 spiro atoms. The van der Waals surface area contributed by atoms with Gasteiger partial charge in [-0.2, -0.15) is 0 Å². The molecule has 5 unspecified atom stereocenters. The van der Waals surface area contributed by atoms with Gasteiger partial charge in [-0.1, -0.05) is 135 Å². The lowest BCUT2D eigenvalue weighted by Gasteiger charge is -2.44. The Labute approximate surface area is 319 Å². The van der Waals surface area contributed by atoms with Crippen LogP contribution in [0.1, 0.15) is 48.4 Å². The lowest BCUT2D eigenvalue weighted by molar-refractivity contribution is -0.215. The van der Waals surface area contributed by atoms with Gasteiger partial charge in [0.25, 0.3) is 0 Å². The van der Waals surface area contributed by atoms with Crippen LogP contribution in [0.4, 0.5) is 0 Å². The summed E-state index contributed by atoms with van der Waals surface area (Å²) in [5.74, 6) is 0.338. The second kappa shape index (κ2) is 20.5. The predicted octanol–water partition coefficient (Wildman–Crippen LogP) is 7.76. The third kappa shape index (κ3) is 10.5. The summed E-state index contributed by atoms with van der Waals surface area (Å²) in [4.78, 5) is 14.1. The van der Waals surface area contributed by atoms with Gasteiger partial charge >= 0.3 is 0 Å². The number of hydrogen-bond acceptors (Lipinski definition) is 9. The van der Waals surface area contributed by atoms with Crippen molar-refractivity contribution in [2.45, 2.75) is 102 Å². The SMILES string of the molecule is CCCC1OC(=CCC(=O)C2OC(OC)C(OC)C2OCc2ccccc2)[C@@H](OCc2ccccc2)[C@H](OCc2ccccc2)[C@H]1OCc1ccccc1. The highest BCUT2D eigenvalue weighted by Crippen LogP contribution is 2.35. The molecule has 0 amide bonds. The number of ether oxygens (including phenoxy) is 8. The van der Waals surface area contributed by atoms with Crippen LogP contribution in [0.5, 0.6) is 0 Å². The molecule has 9 nitrogen and oxygen atoms in total. The van der Waals surface area contributed by atoms with E-state index >= 15 is 0 Å². The van der Waals surface area contributed by atoms with E-state index in [4.69, 9.17) is 37.9 Å². The van der Waals surface area contributed by atoms with Crippen molar-refractivity contribution in [3.05, 3.63) is 155 Å². The van der Waals surface area contributed by atoms with Crippen LogP contribution in [0.25, 0.3) is 0 Å². The smallest absolute Gasteiger partial charge is 0.187 e. The van der Waals surface area contributed by atoms with Crippen LogP contribution in [-0.4, -0.2) is 69.0 Å². The minimum atomic E-state index is -0.925. The molecule has 2 saturated heterocycles. The minimum absolute atomic E-state index is 0.00303. The summed E-state index contributed by atoms with van der Waals surface area (Å²) in [5, 5.41) is 0. The quantitative estimate of drug-likeness (QED) is 0.0959. The molecule has 0 bridgehead atoms. The van der Waals surface area contributed by atoms with E-state index in [2.05, 4.69) is 6.92 Å². The molecule has 0 aliphatic carbocycles. The summed E-state index contributed by atoms with van der Waals surface area (Å²) in [6.07, 6.45) is -1.62. The van der Waals surface area contributed by atoms with Gasteiger partial charge < -0.3 is 37.9 Å². The monoisotopic (exact) mass is 736 g/mol. The third-order valence-electron chi connectivity index (χ3n) is 9.76. The fourth-order valence-electron chi connectivity index (χ4n) is 6.97. The van der Waals surface area contributed by atoms with Gasteiger partial charge in [0.2, 0.25) is 0 Å². The maximum atomic E-state index is 14.1. The largest absolute Gasteiger partial charge is 0.489 e. The Morgan fingerprint density at radius 2 is 1.06 bits per heavy atom.